The van der Waals surface area contributed by atoms with Crippen LogP contribution in [-0.2, 0) is 13.6 Å². The monoisotopic (exact) mass is 245 g/mol. The molecular formula is C13H19N5. The lowest BCUT2D eigenvalue weighted by Gasteiger charge is -2.05. The van der Waals surface area contributed by atoms with Crippen molar-refractivity contribution >= 4 is 0 Å². The molecule has 0 fully saturated rings. The zero-order valence-corrected chi connectivity index (χ0v) is 11.1. The first-order chi connectivity index (χ1) is 8.69. The molecule has 5 heteroatoms. The van der Waals surface area contributed by atoms with Crippen molar-refractivity contribution in [1.82, 2.24) is 25.1 Å². The number of hydrogen-bond acceptors (Lipinski definition) is 4. The van der Waals surface area contributed by atoms with Gasteiger partial charge in [-0.2, -0.15) is 5.10 Å². The van der Waals surface area contributed by atoms with Crippen molar-refractivity contribution in [3.63, 3.8) is 0 Å². The molecule has 0 aliphatic carbocycles. The van der Waals surface area contributed by atoms with E-state index in [0.717, 1.165) is 36.6 Å². The van der Waals surface area contributed by atoms with Gasteiger partial charge in [-0.15, -0.1) is 0 Å². The maximum atomic E-state index is 4.54. The third kappa shape index (κ3) is 3.13. The van der Waals surface area contributed by atoms with E-state index in [9.17, 15) is 0 Å². The van der Waals surface area contributed by atoms with E-state index in [-0.39, 0.29) is 0 Å². The minimum Gasteiger partial charge on any atom is -0.311 e. The van der Waals surface area contributed by atoms with Gasteiger partial charge >= 0.3 is 0 Å². The summed E-state index contributed by atoms with van der Waals surface area (Å²) in [5.41, 5.74) is 2.80. The summed E-state index contributed by atoms with van der Waals surface area (Å²) in [5, 5.41) is 7.68. The number of nitrogens with one attached hydrogen (secondary N) is 1. The summed E-state index contributed by atoms with van der Waals surface area (Å²) >= 11 is 0. The number of hydrogen-bond donors (Lipinski definition) is 1. The lowest BCUT2D eigenvalue weighted by atomic mass is 10.3. The second-order valence-corrected chi connectivity index (χ2v) is 4.38. The fraction of sp³-hybridized carbons (Fsp3) is 0.462. The Kier molecular flexibility index (Phi) is 4.04. The number of aryl methyl sites for hydroxylation is 2. The fourth-order valence-electron chi connectivity index (χ4n) is 1.77. The van der Waals surface area contributed by atoms with Crippen molar-refractivity contribution in [3.8, 4) is 11.5 Å². The first-order valence-electron chi connectivity index (χ1n) is 6.24. The molecule has 0 aliphatic rings. The average Bonchev–Trinajstić information content (AvgIpc) is 2.76. The van der Waals surface area contributed by atoms with E-state index in [1.54, 1.807) is 4.68 Å². The van der Waals surface area contributed by atoms with Gasteiger partial charge in [-0.25, -0.2) is 9.97 Å². The van der Waals surface area contributed by atoms with Crippen molar-refractivity contribution in [3.05, 3.63) is 29.7 Å². The van der Waals surface area contributed by atoms with Gasteiger partial charge in [-0.1, -0.05) is 6.92 Å². The highest BCUT2D eigenvalue weighted by atomic mass is 15.3. The van der Waals surface area contributed by atoms with Gasteiger partial charge in [0.25, 0.3) is 0 Å². The lowest BCUT2D eigenvalue weighted by Crippen LogP contribution is -2.15. The molecule has 0 unspecified atom stereocenters. The van der Waals surface area contributed by atoms with Gasteiger partial charge in [-0.05, 0) is 32.0 Å². The van der Waals surface area contributed by atoms with Crippen LogP contribution >= 0.6 is 0 Å². The third-order valence-corrected chi connectivity index (χ3v) is 2.58. The third-order valence-electron chi connectivity index (χ3n) is 2.58. The predicted octanol–water partition coefficient (Wildman–Crippen LogP) is 1.69. The zero-order chi connectivity index (χ0) is 13.0. The maximum Gasteiger partial charge on any atom is 0.180 e. The molecule has 0 saturated carbocycles. The van der Waals surface area contributed by atoms with Crippen molar-refractivity contribution in [1.29, 1.82) is 0 Å². The molecule has 0 saturated heterocycles. The zero-order valence-electron chi connectivity index (χ0n) is 11.1. The van der Waals surface area contributed by atoms with Crippen molar-refractivity contribution in [2.45, 2.75) is 26.8 Å². The van der Waals surface area contributed by atoms with E-state index in [2.05, 4.69) is 27.3 Å². The maximum absolute atomic E-state index is 4.54. The Hall–Kier alpha value is -1.75. The number of aromatic nitrogens is 4. The van der Waals surface area contributed by atoms with Crippen LogP contribution in [0.25, 0.3) is 11.5 Å². The second-order valence-electron chi connectivity index (χ2n) is 4.38. The molecular weight excluding hydrogens is 226 g/mol. The molecule has 0 radical (unpaired) electrons. The molecule has 0 aliphatic heterocycles. The molecule has 96 valence electrons. The van der Waals surface area contributed by atoms with Gasteiger partial charge in [-0.3, -0.25) is 4.68 Å². The van der Waals surface area contributed by atoms with E-state index in [0.29, 0.717) is 5.82 Å². The van der Waals surface area contributed by atoms with Crippen LogP contribution in [-0.4, -0.2) is 26.3 Å². The number of rotatable bonds is 5. The molecule has 5 nitrogen and oxygen atoms in total. The summed E-state index contributed by atoms with van der Waals surface area (Å²) in [5.74, 6) is 0.698. The Morgan fingerprint density at radius 3 is 2.83 bits per heavy atom. The summed E-state index contributed by atoms with van der Waals surface area (Å²) in [6, 6.07) is 3.94. The van der Waals surface area contributed by atoms with Crippen LogP contribution in [0.5, 0.6) is 0 Å². The standard InChI is InChI=1S/C13H19N5/c1-4-6-14-9-11-8-10(2)15-13(16-11)12-5-7-18(3)17-12/h5,7-8,14H,4,6,9H2,1-3H3. The normalized spacial score (nSPS) is 10.8. The average molecular weight is 245 g/mol. The van der Waals surface area contributed by atoms with Gasteiger partial charge in [0, 0.05) is 25.5 Å². The molecule has 1 N–H and O–H groups in total. The van der Waals surface area contributed by atoms with E-state index < -0.39 is 0 Å². The summed E-state index contributed by atoms with van der Waals surface area (Å²) in [7, 11) is 1.89. The molecule has 0 atom stereocenters. The first kappa shape index (κ1) is 12.7. The van der Waals surface area contributed by atoms with Crippen LogP contribution in [0.3, 0.4) is 0 Å². The van der Waals surface area contributed by atoms with Crippen LogP contribution in [0.1, 0.15) is 24.7 Å². The lowest BCUT2D eigenvalue weighted by molar-refractivity contribution is 0.662. The number of nitrogens with zero attached hydrogens (tertiary/aromatic N) is 4. The Bertz CT molecular complexity index is 518. The van der Waals surface area contributed by atoms with Crippen molar-refractivity contribution in [2.24, 2.45) is 7.05 Å². The summed E-state index contributed by atoms with van der Waals surface area (Å²) in [6.45, 7) is 5.91. The summed E-state index contributed by atoms with van der Waals surface area (Å²) in [4.78, 5) is 8.97. The predicted molar refractivity (Wildman–Crippen MR) is 71.0 cm³/mol. The smallest absolute Gasteiger partial charge is 0.180 e. The van der Waals surface area contributed by atoms with Gasteiger partial charge in [0.05, 0.1) is 5.69 Å². The van der Waals surface area contributed by atoms with E-state index >= 15 is 0 Å². The molecule has 2 heterocycles. The van der Waals surface area contributed by atoms with Crippen LogP contribution in [0.15, 0.2) is 18.3 Å². The molecule has 0 amide bonds. The quantitative estimate of drug-likeness (QED) is 0.814. The van der Waals surface area contributed by atoms with Crippen LogP contribution in [0.4, 0.5) is 0 Å². The van der Waals surface area contributed by atoms with Crippen LogP contribution < -0.4 is 5.32 Å². The highest BCUT2D eigenvalue weighted by Crippen LogP contribution is 2.13. The van der Waals surface area contributed by atoms with E-state index in [4.69, 9.17) is 0 Å². The van der Waals surface area contributed by atoms with Gasteiger partial charge in [0.2, 0.25) is 0 Å². The van der Waals surface area contributed by atoms with Crippen LogP contribution in [0.2, 0.25) is 0 Å². The molecule has 2 rings (SSSR count). The van der Waals surface area contributed by atoms with Gasteiger partial charge in [0.1, 0.15) is 5.69 Å². The molecule has 0 spiro atoms. The van der Waals surface area contributed by atoms with Gasteiger partial charge in [0.15, 0.2) is 5.82 Å². The molecule has 2 aromatic heterocycles. The topological polar surface area (TPSA) is 55.6 Å². The minimum absolute atomic E-state index is 0.698. The Morgan fingerprint density at radius 2 is 2.17 bits per heavy atom. The largest absolute Gasteiger partial charge is 0.311 e. The highest BCUT2D eigenvalue weighted by molar-refractivity contribution is 5.48. The fourth-order valence-corrected chi connectivity index (χ4v) is 1.77. The van der Waals surface area contributed by atoms with Crippen LogP contribution in [0, 0.1) is 6.92 Å². The minimum atomic E-state index is 0.698. The Labute approximate surface area is 107 Å². The van der Waals surface area contributed by atoms with Crippen molar-refractivity contribution < 1.29 is 0 Å². The molecule has 0 aromatic carbocycles. The second kappa shape index (κ2) is 5.73. The summed E-state index contributed by atoms with van der Waals surface area (Å²) in [6.07, 6.45) is 3.02. The SMILES string of the molecule is CCCNCc1cc(C)nc(-c2ccn(C)n2)n1. The Balaban J connectivity index is 2.21. The Morgan fingerprint density at radius 1 is 1.33 bits per heavy atom. The molecule has 2 aromatic rings. The first-order valence-corrected chi connectivity index (χ1v) is 6.24. The van der Waals surface area contributed by atoms with E-state index in [1.807, 2.05) is 32.3 Å². The summed E-state index contributed by atoms with van der Waals surface area (Å²) < 4.78 is 1.76. The highest BCUT2D eigenvalue weighted by Gasteiger charge is 2.07. The van der Waals surface area contributed by atoms with Gasteiger partial charge < -0.3 is 5.32 Å². The van der Waals surface area contributed by atoms with E-state index in [1.165, 1.54) is 0 Å². The molecule has 0 bridgehead atoms. The molecule has 18 heavy (non-hydrogen) atoms. The van der Waals surface area contributed by atoms with Crippen molar-refractivity contribution in [2.75, 3.05) is 6.54 Å².